The second-order valence-electron chi connectivity index (χ2n) is 5.80. The summed E-state index contributed by atoms with van der Waals surface area (Å²) in [6, 6.07) is 7.30. The maximum atomic E-state index is 11.9. The molecular formula is C18H22ClN3O. The summed E-state index contributed by atoms with van der Waals surface area (Å²) in [5.41, 5.74) is 6.51. The molecular weight excluding hydrogens is 310 g/mol. The summed E-state index contributed by atoms with van der Waals surface area (Å²) in [7, 11) is 0. The third kappa shape index (κ3) is 4.96. The van der Waals surface area contributed by atoms with E-state index >= 15 is 0 Å². The van der Waals surface area contributed by atoms with Gasteiger partial charge in [-0.15, -0.1) is 0 Å². The summed E-state index contributed by atoms with van der Waals surface area (Å²) in [5, 5.41) is 7.85. The number of amides is 1. The van der Waals surface area contributed by atoms with Gasteiger partial charge >= 0.3 is 0 Å². The first-order valence-corrected chi connectivity index (χ1v) is 8.01. The molecule has 1 aromatic carbocycles. The van der Waals surface area contributed by atoms with Crippen LogP contribution >= 0.6 is 11.6 Å². The highest BCUT2D eigenvalue weighted by molar-refractivity contribution is 6.33. The largest absolute Gasteiger partial charge is 0.375 e. The molecule has 2 rings (SSSR count). The lowest BCUT2D eigenvalue weighted by Gasteiger charge is -2.22. The summed E-state index contributed by atoms with van der Waals surface area (Å²) in [6.07, 6.45) is 3.95. The molecule has 1 aromatic rings. The normalized spacial score (nSPS) is 19.2. The van der Waals surface area contributed by atoms with Crippen LogP contribution in [0, 0.1) is 5.92 Å². The lowest BCUT2D eigenvalue weighted by atomic mass is 9.85. The Balaban J connectivity index is 1.90. The highest BCUT2D eigenvalue weighted by Crippen LogP contribution is 2.26. The first-order chi connectivity index (χ1) is 11.0. The smallest absolute Gasteiger partial charge is 0.259 e. The number of carbonyl (C=O) groups excluding carboxylic acids is 1. The van der Waals surface area contributed by atoms with Gasteiger partial charge in [0.05, 0.1) is 23.0 Å². The van der Waals surface area contributed by atoms with Crippen molar-refractivity contribution in [1.29, 1.82) is 0 Å². The Labute approximate surface area is 142 Å². The Morgan fingerprint density at radius 1 is 1.43 bits per heavy atom. The standard InChI is InChI=1S/C18H22ClN3O/c1-12(2)14-9-8-13(3)17(10-14)21-22-18(23)11-20-16-7-5-4-6-15(16)19/h4-8,14,20H,1,9-11H2,2-3H3,(H,22,23)/b21-17+/t14-/m0/s1. The number of rotatable bonds is 5. The minimum absolute atomic E-state index is 0.118. The third-order valence-electron chi connectivity index (χ3n) is 3.93. The van der Waals surface area contributed by atoms with Crippen molar-refractivity contribution < 1.29 is 4.79 Å². The maximum Gasteiger partial charge on any atom is 0.259 e. The van der Waals surface area contributed by atoms with Gasteiger partial charge in [0.25, 0.3) is 5.91 Å². The van der Waals surface area contributed by atoms with E-state index in [1.165, 1.54) is 0 Å². The minimum Gasteiger partial charge on any atom is -0.375 e. The van der Waals surface area contributed by atoms with Gasteiger partial charge in [-0.1, -0.05) is 42.0 Å². The number of benzene rings is 1. The van der Waals surface area contributed by atoms with Crippen LogP contribution in [0.15, 0.2) is 53.2 Å². The van der Waals surface area contributed by atoms with Crippen LogP contribution in [0.5, 0.6) is 0 Å². The fourth-order valence-corrected chi connectivity index (χ4v) is 2.58. The first kappa shape index (κ1) is 17.3. The number of allylic oxidation sites excluding steroid dienone is 3. The fraction of sp³-hybridized carbons (Fsp3) is 0.333. The highest BCUT2D eigenvalue weighted by atomic mass is 35.5. The molecule has 1 aliphatic carbocycles. The second kappa shape index (κ2) is 7.97. The molecule has 0 heterocycles. The molecule has 0 aromatic heterocycles. The van der Waals surface area contributed by atoms with Gasteiger partial charge in [-0.25, -0.2) is 5.43 Å². The number of halogens is 1. The van der Waals surface area contributed by atoms with Crippen LogP contribution in [0.1, 0.15) is 26.7 Å². The lowest BCUT2D eigenvalue weighted by molar-refractivity contribution is -0.119. The van der Waals surface area contributed by atoms with E-state index in [2.05, 4.69) is 28.5 Å². The van der Waals surface area contributed by atoms with Crippen LogP contribution in [-0.4, -0.2) is 18.2 Å². The molecule has 1 aliphatic rings. The van der Waals surface area contributed by atoms with Crippen molar-refractivity contribution in [3.63, 3.8) is 0 Å². The number of nitrogens with one attached hydrogen (secondary N) is 2. The monoisotopic (exact) mass is 331 g/mol. The molecule has 0 saturated heterocycles. The number of para-hydroxylation sites is 1. The van der Waals surface area contributed by atoms with Crippen molar-refractivity contribution in [3.05, 3.63) is 53.1 Å². The molecule has 0 fully saturated rings. The van der Waals surface area contributed by atoms with Gasteiger partial charge in [0, 0.05) is 0 Å². The van der Waals surface area contributed by atoms with Crippen molar-refractivity contribution in [2.24, 2.45) is 11.0 Å². The summed E-state index contributed by atoms with van der Waals surface area (Å²) in [4.78, 5) is 11.9. The number of hydrogen-bond donors (Lipinski definition) is 2. The van der Waals surface area contributed by atoms with Gasteiger partial charge in [-0.3, -0.25) is 4.79 Å². The first-order valence-electron chi connectivity index (χ1n) is 7.63. The van der Waals surface area contributed by atoms with E-state index in [-0.39, 0.29) is 12.5 Å². The zero-order valence-electron chi connectivity index (χ0n) is 13.5. The molecule has 5 heteroatoms. The molecule has 4 nitrogen and oxygen atoms in total. The molecule has 2 N–H and O–H groups in total. The van der Waals surface area contributed by atoms with Crippen molar-refractivity contribution in [2.45, 2.75) is 26.7 Å². The Bertz CT molecular complexity index is 664. The zero-order chi connectivity index (χ0) is 16.8. The molecule has 1 atom stereocenters. The highest BCUT2D eigenvalue weighted by Gasteiger charge is 2.18. The Morgan fingerprint density at radius 2 is 2.17 bits per heavy atom. The van der Waals surface area contributed by atoms with Gasteiger partial charge in [-0.05, 0) is 50.3 Å². The predicted molar refractivity (Wildman–Crippen MR) is 96.8 cm³/mol. The van der Waals surface area contributed by atoms with Crippen molar-refractivity contribution in [3.8, 4) is 0 Å². The van der Waals surface area contributed by atoms with Crippen LogP contribution in [-0.2, 0) is 4.79 Å². The topological polar surface area (TPSA) is 53.5 Å². The van der Waals surface area contributed by atoms with Crippen molar-refractivity contribution in [1.82, 2.24) is 5.43 Å². The second-order valence-corrected chi connectivity index (χ2v) is 6.20. The maximum absolute atomic E-state index is 11.9. The van der Waals surface area contributed by atoms with E-state index in [1.807, 2.05) is 32.0 Å². The average Bonchev–Trinajstić information content (AvgIpc) is 2.53. The number of nitrogens with zero attached hydrogens (tertiary/aromatic N) is 1. The van der Waals surface area contributed by atoms with E-state index in [9.17, 15) is 4.79 Å². The lowest BCUT2D eigenvalue weighted by Crippen LogP contribution is -2.28. The molecule has 23 heavy (non-hydrogen) atoms. The SMILES string of the molecule is C=C(C)[C@H]1CC=C(C)/C(=N/NC(=O)CNc2ccccc2Cl)C1. The number of hydrazone groups is 1. The van der Waals surface area contributed by atoms with Crippen LogP contribution < -0.4 is 10.7 Å². The van der Waals surface area contributed by atoms with Gasteiger partial charge in [0.15, 0.2) is 0 Å². The van der Waals surface area contributed by atoms with Gasteiger partial charge in [-0.2, -0.15) is 5.10 Å². The molecule has 122 valence electrons. The molecule has 0 unspecified atom stereocenters. The average molecular weight is 332 g/mol. The quantitative estimate of drug-likeness (QED) is 0.629. The van der Waals surface area contributed by atoms with Crippen LogP contribution in [0.25, 0.3) is 0 Å². The molecule has 0 bridgehead atoms. The third-order valence-corrected chi connectivity index (χ3v) is 4.26. The van der Waals surface area contributed by atoms with Crippen LogP contribution in [0.4, 0.5) is 5.69 Å². The van der Waals surface area contributed by atoms with E-state index in [0.717, 1.165) is 35.4 Å². The van der Waals surface area contributed by atoms with Crippen molar-refractivity contribution in [2.75, 3.05) is 11.9 Å². The Hall–Kier alpha value is -2.07. The van der Waals surface area contributed by atoms with E-state index in [1.54, 1.807) is 6.07 Å². The van der Waals surface area contributed by atoms with E-state index in [0.29, 0.717) is 10.9 Å². The molecule has 0 radical (unpaired) electrons. The predicted octanol–water partition coefficient (Wildman–Crippen LogP) is 4.16. The van der Waals surface area contributed by atoms with Gasteiger partial charge in [0.2, 0.25) is 0 Å². The van der Waals surface area contributed by atoms with Crippen LogP contribution in [0.3, 0.4) is 0 Å². The molecule has 0 aliphatic heterocycles. The van der Waals surface area contributed by atoms with E-state index in [4.69, 9.17) is 11.6 Å². The zero-order valence-corrected chi connectivity index (χ0v) is 14.3. The van der Waals surface area contributed by atoms with Crippen molar-refractivity contribution >= 4 is 28.9 Å². The summed E-state index contributed by atoms with van der Waals surface area (Å²) >= 11 is 6.03. The minimum atomic E-state index is -0.206. The summed E-state index contributed by atoms with van der Waals surface area (Å²) < 4.78 is 0. The molecule has 0 saturated carbocycles. The fourth-order valence-electron chi connectivity index (χ4n) is 2.37. The van der Waals surface area contributed by atoms with Crippen LogP contribution in [0.2, 0.25) is 5.02 Å². The van der Waals surface area contributed by atoms with Gasteiger partial charge < -0.3 is 5.32 Å². The molecule has 1 amide bonds. The number of hydrogen-bond acceptors (Lipinski definition) is 3. The summed E-state index contributed by atoms with van der Waals surface area (Å²) in [5.74, 6) is 0.193. The number of carbonyl (C=O) groups is 1. The number of anilines is 1. The molecule has 0 spiro atoms. The van der Waals surface area contributed by atoms with E-state index < -0.39 is 0 Å². The summed E-state index contributed by atoms with van der Waals surface area (Å²) in [6.45, 7) is 8.18. The van der Waals surface area contributed by atoms with Gasteiger partial charge in [0.1, 0.15) is 0 Å². The Morgan fingerprint density at radius 3 is 2.87 bits per heavy atom. The Kier molecular flexibility index (Phi) is 5.99.